The van der Waals surface area contributed by atoms with Gasteiger partial charge in [-0.1, -0.05) is 5.16 Å². The summed E-state index contributed by atoms with van der Waals surface area (Å²) in [5.74, 6) is 1.24. The Labute approximate surface area is 101 Å². The molecule has 2 aromatic heterocycles. The van der Waals surface area contributed by atoms with E-state index in [0.717, 1.165) is 10.2 Å². The Kier molecular flexibility index (Phi) is 3.63. The largest absolute Gasteiger partial charge is 0.338 e. The zero-order valence-corrected chi connectivity index (χ0v) is 10.4. The van der Waals surface area contributed by atoms with Crippen LogP contribution in [0.5, 0.6) is 0 Å². The molecule has 0 aliphatic carbocycles. The zero-order valence-electron chi connectivity index (χ0n) is 8.77. The first kappa shape index (κ1) is 11.2. The summed E-state index contributed by atoms with van der Waals surface area (Å²) in [5.41, 5.74) is 0.972. The molecule has 0 bridgehead atoms. The third kappa shape index (κ3) is 3.11. The van der Waals surface area contributed by atoms with Crippen molar-refractivity contribution in [2.45, 2.75) is 20.0 Å². The molecule has 0 fully saturated rings. The van der Waals surface area contributed by atoms with E-state index in [1.54, 1.807) is 13.1 Å². The monoisotopic (exact) mass is 282 g/mol. The van der Waals surface area contributed by atoms with Crippen molar-refractivity contribution in [2.75, 3.05) is 0 Å². The van der Waals surface area contributed by atoms with Gasteiger partial charge in [0.05, 0.1) is 12.2 Å². The van der Waals surface area contributed by atoms with E-state index in [9.17, 15) is 0 Å². The lowest BCUT2D eigenvalue weighted by Gasteiger charge is -2.00. The van der Waals surface area contributed by atoms with Crippen molar-refractivity contribution in [3.63, 3.8) is 0 Å². The predicted molar refractivity (Wildman–Crippen MR) is 61.5 cm³/mol. The van der Waals surface area contributed by atoms with Crippen molar-refractivity contribution in [1.82, 2.24) is 20.4 Å². The first-order valence-electron chi connectivity index (χ1n) is 4.84. The summed E-state index contributed by atoms with van der Waals surface area (Å²) in [6.07, 6.45) is 1.77. The second kappa shape index (κ2) is 5.18. The second-order valence-electron chi connectivity index (χ2n) is 3.31. The Morgan fingerprint density at radius 3 is 2.88 bits per heavy atom. The van der Waals surface area contributed by atoms with Crippen LogP contribution >= 0.6 is 15.9 Å². The molecule has 0 spiro atoms. The standard InChI is InChI=1S/C10H11BrN4O/c1-7-14-10(16-15-7)6-12-5-9-3-2-8(11)4-13-9/h2-4,12H,5-6H2,1H3. The Balaban J connectivity index is 1.82. The van der Waals surface area contributed by atoms with Gasteiger partial charge in [-0.25, -0.2) is 0 Å². The smallest absolute Gasteiger partial charge is 0.240 e. The average Bonchev–Trinajstić information content (AvgIpc) is 2.67. The van der Waals surface area contributed by atoms with Crippen LogP contribution in [-0.2, 0) is 13.1 Å². The molecule has 0 saturated carbocycles. The quantitative estimate of drug-likeness (QED) is 0.927. The van der Waals surface area contributed by atoms with Crippen molar-refractivity contribution >= 4 is 15.9 Å². The fraction of sp³-hybridized carbons (Fsp3) is 0.300. The molecular formula is C10H11BrN4O. The Morgan fingerprint density at radius 2 is 2.25 bits per heavy atom. The van der Waals surface area contributed by atoms with E-state index < -0.39 is 0 Å². The topological polar surface area (TPSA) is 63.8 Å². The van der Waals surface area contributed by atoms with Gasteiger partial charge in [-0.2, -0.15) is 4.98 Å². The van der Waals surface area contributed by atoms with E-state index in [2.05, 4.69) is 36.4 Å². The summed E-state index contributed by atoms with van der Waals surface area (Å²) in [4.78, 5) is 8.33. The normalized spacial score (nSPS) is 10.6. The van der Waals surface area contributed by atoms with Gasteiger partial charge < -0.3 is 9.84 Å². The number of aryl methyl sites for hydroxylation is 1. The molecule has 84 valence electrons. The fourth-order valence-corrected chi connectivity index (χ4v) is 1.45. The molecule has 0 aromatic carbocycles. The molecule has 0 atom stereocenters. The first-order chi connectivity index (χ1) is 7.74. The van der Waals surface area contributed by atoms with Crippen LogP contribution < -0.4 is 5.32 Å². The van der Waals surface area contributed by atoms with Gasteiger partial charge in [-0.3, -0.25) is 4.98 Å². The molecule has 2 aromatic rings. The van der Waals surface area contributed by atoms with Gasteiger partial charge in [0.2, 0.25) is 5.89 Å². The highest BCUT2D eigenvalue weighted by atomic mass is 79.9. The van der Waals surface area contributed by atoms with Crippen molar-refractivity contribution in [2.24, 2.45) is 0 Å². The maximum atomic E-state index is 4.97. The van der Waals surface area contributed by atoms with Crippen molar-refractivity contribution in [3.05, 3.63) is 40.2 Å². The minimum Gasteiger partial charge on any atom is -0.338 e. The lowest BCUT2D eigenvalue weighted by atomic mass is 10.3. The van der Waals surface area contributed by atoms with E-state index in [4.69, 9.17) is 4.52 Å². The summed E-state index contributed by atoms with van der Waals surface area (Å²) in [6, 6.07) is 3.91. The Hall–Kier alpha value is -1.27. The molecule has 5 nitrogen and oxygen atoms in total. The predicted octanol–water partition coefficient (Wildman–Crippen LogP) is 1.83. The number of halogens is 1. The van der Waals surface area contributed by atoms with Gasteiger partial charge in [0, 0.05) is 17.2 Å². The van der Waals surface area contributed by atoms with Crippen LogP contribution in [0, 0.1) is 6.92 Å². The number of hydrogen-bond donors (Lipinski definition) is 1. The number of rotatable bonds is 4. The van der Waals surface area contributed by atoms with Crippen molar-refractivity contribution in [1.29, 1.82) is 0 Å². The maximum Gasteiger partial charge on any atom is 0.240 e. The number of pyridine rings is 1. The van der Waals surface area contributed by atoms with E-state index >= 15 is 0 Å². The molecule has 2 heterocycles. The highest BCUT2D eigenvalue weighted by molar-refractivity contribution is 9.10. The third-order valence-corrected chi connectivity index (χ3v) is 2.41. The lowest BCUT2D eigenvalue weighted by molar-refractivity contribution is 0.364. The van der Waals surface area contributed by atoms with Crippen LogP contribution in [0.2, 0.25) is 0 Å². The van der Waals surface area contributed by atoms with Crippen molar-refractivity contribution < 1.29 is 4.52 Å². The van der Waals surface area contributed by atoms with Crippen LogP contribution in [0.3, 0.4) is 0 Å². The van der Waals surface area contributed by atoms with Gasteiger partial charge in [0.25, 0.3) is 0 Å². The zero-order chi connectivity index (χ0) is 11.4. The molecule has 1 N–H and O–H groups in total. The van der Waals surface area contributed by atoms with E-state index in [1.807, 2.05) is 12.1 Å². The van der Waals surface area contributed by atoms with Gasteiger partial charge >= 0.3 is 0 Å². The van der Waals surface area contributed by atoms with Crippen LogP contribution in [-0.4, -0.2) is 15.1 Å². The molecule has 0 saturated heterocycles. The molecule has 0 amide bonds. The minimum absolute atomic E-state index is 0.554. The van der Waals surface area contributed by atoms with Crippen LogP contribution in [0.1, 0.15) is 17.4 Å². The molecule has 6 heteroatoms. The van der Waals surface area contributed by atoms with Crippen LogP contribution in [0.25, 0.3) is 0 Å². The Bertz CT molecular complexity index is 454. The fourth-order valence-electron chi connectivity index (χ4n) is 1.22. The van der Waals surface area contributed by atoms with Crippen LogP contribution in [0.15, 0.2) is 27.3 Å². The van der Waals surface area contributed by atoms with Gasteiger partial charge in [0.15, 0.2) is 5.82 Å². The van der Waals surface area contributed by atoms with Crippen LogP contribution in [0.4, 0.5) is 0 Å². The first-order valence-corrected chi connectivity index (χ1v) is 5.63. The van der Waals surface area contributed by atoms with E-state index in [1.165, 1.54) is 0 Å². The number of nitrogens with one attached hydrogen (secondary N) is 1. The average molecular weight is 283 g/mol. The highest BCUT2D eigenvalue weighted by Gasteiger charge is 2.01. The van der Waals surface area contributed by atoms with E-state index in [0.29, 0.717) is 24.8 Å². The summed E-state index contributed by atoms with van der Waals surface area (Å²) < 4.78 is 5.95. The van der Waals surface area contributed by atoms with E-state index in [-0.39, 0.29) is 0 Å². The van der Waals surface area contributed by atoms with Gasteiger partial charge in [-0.05, 0) is 35.0 Å². The summed E-state index contributed by atoms with van der Waals surface area (Å²) >= 11 is 3.34. The van der Waals surface area contributed by atoms with Crippen molar-refractivity contribution in [3.8, 4) is 0 Å². The molecule has 0 aliphatic rings. The summed E-state index contributed by atoms with van der Waals surface area (Å²) in [7, 11) is 0. The van der Waals surface area contributed by atoms with Gasteiger partial charge in [-0.15, -0.1) is 0 Å². The molecule has 0 unspecified atom stereocenters. The SMILES string of the molecule is Cc1noc(CNCc2ccc(Br)cn2)n1. The molecule has 0 radical (unpaired) electrons. The highest BCUT2D eigenvalue weighted by Crippen LogP contribution is 2.07. The summed E-state index contributed by atoms with van der Waals surface area (Å²) in [5, 5.41) is 6.88. The molecule has 2 rings (SSSR count). The lowest BCUT2D eigenvalue weighted by Crippen LogP contribution is -2.13. The molecule has 16 heavy (non-hydrogen) atoms. The third-order valence-electron chi connectivity index (χ3n) is 1.94. The number of hydrogen-bond acceptors (Lipinski definition) is 5. The van der Waals surface area contributed by atoms with Gasteiger partial charge in [0.1, 0.15) is 0 Å². The maximum absolute atomic E-state index is 4.97. The number of aromatic nitrogens is 3. The second-order valence-corrected chi connectivity index (χ2v) is 4.22. The minimum atomic E-state index is 0.554. The molecule has 0 aliphatic heterocycles. The summed E-state index contributed by atoms with van der Waals surface area (Å²) in [6.45, 7) is 3.02. The Morgan fingerprint density at radius 1 is 1.38 bits per heavy atom. The molecular weight excluding hydrogens is 272 g/mol. The number of nitrogens with zero attached hydrogens (tertiary/aromatic N) is 3.